The fourth-order valence-electron chi connectivity index (χ4n) is 2.82. The number of amides is 1. The molecule has 2 rings (SSSR count). The second-order valence-corrected chi connectivity index (χ2v) is 4.64. The minimum Gasteiger partial charge on any atom is -0.358 e. The molecular weight excluding hydrogens is 176 g/mol. The third kappa shape index (κ3) is 1.78. The Morgan fingerprint density at radius 3 is 2.36 bits per heavy atom. The van der Waals surface area contributed by atoms with Crippen molar-refractivity contribution in [2.75, 3.05) is 7.05 Å². The summed E-state index contributed by atoms with van der Waals surface area (Å²) >= 11 is 0. The lowest BCUT2D eigenvalue weighted by molar-refractivity contribution is -0.122. The van der Waals surface area contributed by atoms with Crippen molar-refractivity contribution in [3.8, 4) is 0 Å². The van der Waals surface area contributed by atoms with Gasteiger partial charge in [0.15, 0.2) is 0 Å². The van der Waals surface area contributed by atoms with Crippen molar-refractivity contribution in [1.29, 1.82) is 0 Å². The molecule has 0 spiro atoms. The molecule has 0 aromatic carbocycles. The van der Waals surface area contributed by atoms with Crippen LogP contribution in [0, 0.1) is 11.8 Å². The zero-order valence-corrected chi connectivity index (χ0v) is 9.05. The third-order valence-corrected chi connectivity index (χ3v) is 3.74. The van der Waals surface area contributed by atoms with Gasteiger partial charge in [-0.15, -0.1) is 0 Å². The van der Waals surface area contributed by atoms with Crippen LogP contribution in [0.2, 0.25) is 0 Å². The van der Waals surface area contributed by atoms with Crippen molar-refractivity contribution < 1.29 is 4.79 Å². The van der Waals surface area contributed by atoms with Crippen molar-refractivity contribution in [1.82, 2.24) is 10.6 Å². The fourth-order valence-corrected chi connectivity index (χ4v) is 2.82. The summed E-state index contributed by atoms with van der Waals surface area (Å²) in [6, 6.07) is 0.598. The van der Waals surface area contributed by atoms with E-state index in [-0.39, 0.29) is 11.9 Å². The molecule has 0 aromatic rings. The molecule has 1 amide bonds. The minimum atomic E-state index is -0.0319. The van der Waals surface area contributed by atoms with E-state index in [0.29, 0.717) is 6.04 Å². The Kier molecular flexibility index (Phi) is 2.77. The highest BCUT2D eigenvalue weighted by atomic mass is 16.2. The standard InChI is InChI=1S/C11H20N2O/c1-7(11(14)12-2)13-10-8-5-3-4-6-9(8)10/h7-10,13H,3-6H2,1-2H3,(H,12,14). The second kappa shape index (κ2) is 3.89. The summed E-state index contributed by atoms with van der Waals surface area (Å²) in [6.07, 6.45) is 5.49. The van der Waals surface area contributed by atoms with Crippen molar-refractivity contribution in [2.45, 2.75) is 44.7 Å². The van der Waals surface area contributed by atoms with Gasteiger partial charge in [0.2, 0.25) is 5.91 Å². The Morgan fingerprint density at radius 2 is 1.86 bits per heavy atom. The molecule has 3 heteroatoms. The van der Waals surface area contributed by atoms with Gasteiger partial charge in [0.1, 0.15) is 0 Å². The Labute approximate surface area is 85.6 Å². The van der Waals surface area contributed by atoms with Crippen molar-refractivity contribution in [3.05, 3.63) is 0 Å². The van der Waals surface area contributed by atoms with E-state index in [2.05, 4.69) is 10.6 Å². The molecule has 80 valence electrons. The van der Waals surface area contributed by atoms with E-state index < -0.39 is 0 Å². The highest BCUT2D eigenvalue weighted by Crippen LogP contribution is 2.49. The van der Waals surface area contributed by atoms with Gasteiger partial charge in [-0.1, -0.05) is 12.8 Å². The first-order valence-electron chi connectivity index (χ1n) is 5.71. The minimum absolute atomic E-state index is 0.0319. The zero-order valence-electron chi connectivity index (χ0n) is 9.05. The lowest BCUT2D eigenvalue weighted by Gasteiger charge is -2.11. The van der Waals surface area contributed by atoms with Gasteiger partial charge in [-0.25, -0.2) is 0 Å². The van der Waals surface area contributed by atoms with E-state index in [1.54, 1.807) is 7.05 Å². The van der Waals surface area contributed by atoms with Crippen LogP contribution in [0.4, 0.5) is 0 Å². The lowest BCUT2D eigenvalue weighted by atomic mass is 10.0. The average Bonchev–Trinajstić information content (AvgIpc) is 2.91. The van der Waals surface area contributed by atoms with E-state index in [1.165, 1.54) is 25.7 Å². The zero-order chi connectivity index (χ0) is 10.1. The molecule has 0 saturated heterocycles. The van der Waals surface area contributed by atoms with Gasteiger partial charge in [-0.05, 0) is 31.6 Å². The van der Waals surface area contributed by atoms with Gasteiger partial charge in [-0.2, -0.15) is 0 Å². The molecule has 2 aliphatic rings. The normalized spacial score (nSPS) is 37.1. The number of nitrogens with one attached hydrogen (secondary N) is 2. The van der Waals surface area contributed by atoms with E-state index in [0.717, 1.165) is 11.8 Å². The number of fused-ring (bicyclic) bond motifs is 1. The summed E-state index contributed by atoms with van der Waals surface area (Å²) in [5, 5.41) is 6.11. The largest absolute Gasteiger partial charge is 0.358 e. The van der Waals surface area contributed by atoms with Gasteiger partial charge in [0.25, 0.3) is 0 Å². The highest BCUT2D eigenvalue weighted by molar-refractivity contribution is 5.81. The lowest BCUT2D eigenvalue weighted by Crippen LogP contribution is -2.42. The SMILES string of the molecule is CNC(=O)C(C)NC1C2CCCCC21. The summed E-state index contributed by atoms with van der Waals surface area (Å²) in [4.78, 5) is 11.3. The van der Waals surface area contributed by atoms with E-state index in [4.69, 9.17) is 0 Å². The molecule has 2 fully saturated rings. The van der Waals surface area contributed by atoms with Crippen LogP contribution in [0.15, 0.2) is 0 Å². The van der Waals surface area contributed by atoms with E-state index in [1.807, 2.05) is 6.92 Å². The smallest absolute Gasteiger partial charge is 0.236 e. The summed E-state index contributed by atoms with van der Waals surface area (Å²) in [5.74, 6) is 1.85. The van der Waals surface area contributed by atoms with Crippen LogP contribution in [0.25, 0.3) is 0 Å². The summed E-state index contributed by atoms with van der Waals surface area (Å²) in [7, 11) is 1.69. The maximum absolute atomic E-state index is 11.3. The number of hydrogen-bond donors (Lipinski definition) is 2. The maximum atomic E-state index is 11.3. The molecule has 0 radical (unpaired) electrons. The maximum Gasteiger partial charge on any atom is 0.236 e. The summed E-state index contributed by atoms with van der Waals surface area (Å²) in [6.45, 7) is 1.95. The molecule has 2 saturated carbocycles. The van der Waals surface area contributed by atoms with E-state index in [9.17, 15) is 4.79 Å². The first kappa shape index (κ1) is 9.97. The second-order valence-electron chi connectivity index (χ2n) is 4.64. The van der Waals surface area contributed by atoms with Gasteiger partial charge >= 0.3 is 0 Å². The average molecular weight is 196 g/mol. The quantitative estimate of drug-likeness (QED) is 0.704. The molecule has 3 nitrogen and oxygen atoms in total. The molecule has 0 bridgehead atoms. The molecule has 14 heavy (non-hydrogen) atoms. The number of hydrogen-bond acceptors (Lipinski definition) is 2. The predicted octanol–water partition coefficient (Wildman–Crippen LogP) is 0.899. The Bertz CT molecular complexity index is 217. The Hall–Kier alpha value is -0.570. The molecule has 2 aliphatic carbocycles. The van der Waals surface area contributed by atoms with Gasteiger partial charge in [-0.3, -0.25) is 4.79 Å². The Morgan fingerprint density at radius 1 is 1.29 bits per heavy atom. The van der Waals surface area contributed by atoms with Crippen molar-refractivity contribution in [2.24, 2.45) is 11.8 Å². The first-order chi connectivity index (χ1) is 6.74. The van der Waals surface area contributed by atoms with Crippen LogP contribution in [0.5, 0.6) is 0 Å². The molecule has 0 aromatic heterocycles. The predicted molar refractivity (Wildman–Crippen MR) is 55.9 cm³/mol. The van der Waals surface area contributed by atoms with Crippen molar-refractivity contribution >= 4 is 5.91 Å². The van der Waals surface area contributed by atoms with Crippen LogP contribution in [-0.2, 0) is 4.79 Å². The van der Waals surface area contributed by atoms with Crippen molar-refractivity contribution in [3.63, 3.8) is 0 Å². The van der Waals surface area contributed by atoms with E-state index >= 15 is 0 Å². The first-order valence-corrected chi connectivity index (χ1v) is 5.71. The number of carbonyl (C=O) groups is 1. The Balaban J connectivity index is 1.79. The van der Waals surface area contributed by atoms with Crippen LogP contribution in [0.3, 0.4) is 0 Å². The molecule has 3 atom stereocenters. The molecule has 2 N–H and O–H groups in total. The number of carbonyl (C=O) groups excluding carboxylic acids is 1. The van der Waals surface area contributed by atoms with Gasteiger partial charge in [0.05, 0.1) is 6.04 Å². The number of rotatable bonds is 3. The topological polar surface area (TPSA) is 41.1 Å². The monoisotopic (exact) mass is 196 g/mol. The van der Waals surface area contributed by atoms with Crippen LogP contribution in [0.1, 0.15) is 32.6 Å². The fraction of sp³-hybridized carbons (Fsp3) is 0.909. The highest BCUT2D eigenvalue weighted by Gasteiger charge is 2.50. The van der Waals surface area contributed by atoms with Crippen LogP contribution < -0.4 is 10.6 Å². The molecule has 3 unspecified atom stereocenters. The molecular formula is C11H20N2O. The summed E-state index contributed by atoms with van der Waals surface area (Å²) in [5.41, 5.74) is 0. The molecule has 0 aliphatic heterocycles. The third-order valence-electron chi connectivity index (χ3n) is 3.74. The van der Waals surface area contributed by atoms with Gasteiger partial charge < -0.3 is 10.6 Å². The van der Waals surface area contributed by atoms with Crippen LogP contribution >= 0.6 is 0 Å². The van der Waals surface area contributed by atoms with Crippen LogP contribution in [-0.4, -0.2) is 25.0 Å². The molecule has 0 heterocycles. The number of likely N-dealkylation sites (N-methyl/N-ethyl adjacent to an activating group) is 1. The van der Waals surface area contributed by atoms with Gasteiger partial charge in [0, 0.05) is 13.1 Å². The summed E-state index contributed by atoms with van der Waals surface area (Å²) < 4.78 is 0.